The molecule has 13 heteroatoms. The molecule has 1 spiro atoms. The monoisotopic (exact) mass is 422 g/mol. The van der Waals surface area contributed by atoms with Crippen LogP contribution in [0.4, 0.5) is 26.3 Å². The Bertz CT molecular complexity index is 838. The van der Waals surface area contributed by atoms with Gasteiger partial charge in [-0.1, -0.05) is 0 Å². The molecule has 5 atom stereocenters. The van der Waals surface area contributed by atoms with Crippen molar-refractivity contribution in [1.82, 2.24) is 0 Å². The minimum absolute atomic E-state index is 0.00375. The van der Waals surface area contributed by atoms with E-state index < -0.39 is 62.5 Å². The smallest absolute Gasteiger partial charge is 0.438 e. The van der Waals surface area contributed by atoms with E-state index in [-0.39, 0.29) is 24.5 Å². The second kappa shape index (κ2) is 4.61. The van der Waals surface area contributed by atoms with Crippen LogP contribution in [0.15, 0.2) is 0 Å². The number of hydrogen-bond donors (Lipinski definition) is 1. The summed E-state index contributed by atoms with van der Waals surface area (Å²) in [6.07, 6.45) is -12.4. The van der Waals surface area contributed by atoms with E-state index in [1.807, 2.05) is 0 Å². The van der Waals surface area contributed by atoms with Crippen LogP contribution in [0.1, 0.15) is 19.3 Å². The highest BCUT2D eigenvalue weighted by Gasteiger charge is 2.94. The van der Waals surface area contributed by atoms with Crippen LogP contribution in [0.3, 0.4) is 0 Å². The topological polar surface area (TPSA) is 97.7 Å². The van der Waals surface area contributed by atoms with E-state index in [1.165, 1.54) is 0 Å². The third-order valence-corrected chi connectivity index (χ3v) is 7.74. The number of carbonyl (C=O) groups is 2. The Morgan fingerprint density at radius 3 is 2.07 bits per heavy atom. The SMILES string of the molecule is O=C1C2CC3CC4(C(=O)OC(CS(=O)(=O)O)(C(F)(F)F)C(F)(F)F)CC1C324. The number of rotatable bonds is 4. The van der Waals surface area contributed by atoms with Crippen molar-refractivity contribution in [1.29, 1.82) is 0 Å². The lowest BCUT2D eigenvalue weighted by Crippen LogP contribution is -2.91. The summed E-state index contributed by atoms with van der Waals surface area (Å²) in [5, 5.41) is 0. The molecule has 4 rings (SSSR count). The molecule has 0 aliphatic heterocycles. The molecule has 0 aromatic heterocycles. The summed E-state index contributed by atoms with van der Waals surface area (Å²) >= 11 is 0. The maximum absolute atomic E-state index is 13.3. The van der Waals surface area contributed by atoms with Gasteiger partial charge in [0.25, 0.3) is 10.1 Å². The number of alkyl halides is 6. The first kappa shape index (κ1) is 19.0. The average molecular weight is 422 g/mol. The predicted molar refractivity (Wildman–Crippen MR) is 71.5 cm³/mol. The van der Waals surface area contributed by atoms with Gasteiger partial charge in [-0.3, -0.25) is 14.1 Å². The van der Waals surface area contributed by atoms with Crippen molar-refractivity contribution >= 4 is 21.9 Å². The molecule has 0 amide bonds. The van der Waals surface area contributed by atoms with E-state index in [1.54, 1.807) is 0 Å². The minimum Gasteiger partial charge on any atom is -0.438 e. The molecule has 27 heavy (non-hydrogen) atoms. The Labute approximate surface area is 148 Å². The second-order valence-electron chi connectivity index (χ2n) is 7.80. The van der Waals surface area contributed by atoms with Crippen LogP contribution >= 0.6 is 0 Å². The molecule has 0 bridgehead atoms. The molecule has 0 aromatic rings. The van der Waals surface area contributed by atoms with E-state index in [2.05, 4.69) is 4.74 Å². The molecule has 4 fully saturated rings. The van der Waals surface area contributed by atoms with Crippen LogP contribution < -0.4 is 0 Å². The Morgan fingerprint density at radius 1 is 1.11 bits per heavy atom. The maximum Gasteiger partial charge on any atom is 0.438 e. The highest BCUT2D eigenvalue weighted by molar-refractivity contribution is 7.85. The molecular weight excluding hydrogens is 410 g/mol. The van der Waals surface area contributed by atoms with Gasteiger partial charge in [0.2, 0.25) is 0 Å². The number of ether oxygens (including phenoxy) is 1. The third kappa shape index (κ3) is 1.85. The molecule has 0 heterocycles. The highest BCUT2D eigenvalue weighted by atomic mass is 32.2. The van der Waals surface area contributed by atoms with E-state index in [0.717, 1.165) is 0 Å². The summed E-state index contributed by atoms with van der Waals surface area (Å²) in [5.74, 6) is -6.10. The van der Waals surface area contributed by atoms with Gasteiger partial charge in [0.05, 0.1) is 5.41 Å². The fourth-order valence-corrected chi connectivity index (χ4v) is 6.81. The van der Waals surface area contributed by atoms with Crippen LogP contribution in [0.2, 0.25) is 0 Å². The van der Waals surface area contributed by atoms with Gasteiger partial charge in [-0.05, 0) is 25.2 Å². The summed E-state index contributed by atoms with van der Waals surface area (Å²) in [7, 11) is -5.82. The highest BCUT2D eigenvalue weighted by Crippen LogP contribution is 2.91. The number of esters is 1. The molecule has 152 valence electrons. The second-order valence-corrected chi connectivity index (χ2v) is 9.25. The molecule has 0 saturated heterocycles. The summed E-state index contributed by atoms with van der Waals surface area (Å²) in [6.45, 7) is 0. The molecule has 4 saturated carbocycles. The van der Waals surface area contributed by atoms with Crippen molar-refractivity contribution in [3.05, 3.63) is 0 Å². The fraction of sp³-hybridized carbons (Fsp3) is 0.857. The third-order valence-electron chi connectivity index (χ3n) is 6.97. The summed E-state index contributed by atoms with van der Waals surface area (Å²) < 4.78 is 114. The predicted octanol–water partition coefficient (Wildman–Crippen LogP) is 1.90. The number of halogens is 6. The summed E-state index contributed by atoms with van der Waals surface area (Å²) in [4.78, 5) is 24.2. The van der Waals surface area contributed by atoms with Crippen LogP contribution in [0.5, 0.6) is 0 Å². The van der Waals surface area contributed by atoms with Crippen molar-refractivity contribution < 1.29 is 53.6 Å². The van der Waals surface area contributed by atoms with Gasteiger partial charge in [-0.25, -0.2) is 0 Å². The number of ketones is 1. The molecule has 5 unspecified atom stereocenters. The standard InChI is InChI=1S/C14H12F6O6S/c15-13(16,17)11(14(18,19)20,4-27(23,24)25)26-9(22)10-2-5-1-6-8(21)7(3-10)12(5,6)10/h5-7H,1-4H2,(H,23,24,25). The van der Waals surface area contributed by atoms with Gasteiger partial charge in [0.1, 0.15) is 11.5 Å². The van der Waals surface area contributed by atoms with Crippen LogP contribution in [-0.2, 0) is 24.4 Å². The van der Waals surface area contributed by atoms with E-state index >= 15 is 0 Å². The van der Waals surface area contributed by atoms with Crippen LogP contribution in [0, 0.1) is 28.6 Å². The number of Topliss-reactive ketones (excluding diaryl/α,β-unsaturated/α-hetero) is 1. The van der Waals surface area contributed by atoms with Gasteiger partial charge in [0, 0.05) is 17.3 Å². The van der Waals surface area contributed by atoms with Crippen LogP contribution in [0.25, 0.3) is 0 Å². The van der Waals surface area contributed by atoms with E-state index in [9.17, 15) is 44.3 Å². The number of carbonyl (C=O) groups excluding carboxylic acids is 2. The van der Waals surface area contributed by atoms with Gasteiger partial charge < -0.3 is 4.74 Å². The van der Waals surface area contributed by atoms with Gasteiger partial charge in [-0.2, -0.15) is 34.8 Å². The van der Waals surface area contributed by atoms with Crippen LogP contribution in [-0.4, -0.2) is 48.4 Å². The molecular formula is C14H12F6O6S. The molecule has 4 aliphatic rings. The van der Waals surface area contributed by atoms with Gasteiger partial charge in [-0.15, -0.1) is 0 Å². The van der Waals surface area contributed by atoms with Crippen molar-refractivity contribution in [2.45, 2.75) is 37.2 Å². The quantitative estimate of drug-likeness (QED) is 0.422. The Morgan fingerprint density at radius 2 is 1.67 bits per heavy atom. The van der Waals surface area contributed by atoms with Crippen molar-refractivity contribution in [3.8, 4) is 0 Å². The van der Waals surface area contributed by atoms with Crippen molar-refractivity contribution in [2.75, 3.05) is 5.75 Å². The molecule has 1 N–H and O–H groups in total. The Hall–Kier alpha value is -1.37. The largest absolute Gasteiger partial charge is 0.438 e. The first-order chi connectivity index (χ1) is 12.0. The molecule has 0 aromatic carbocycles. The Kier molecular flexibility index (Phi) is 3.24. The molecule has 6 nitrogen and oxygen atoms in total. The van der Waals surface area contributed by atoms with Crippen molar-refractivity contribution in [3.63, 3.8) is 0 Å². The average Bonchev–Trinajstić information content (AvgIpc) is 2.37. The lowest BCUT2D eigenvalue weighted by atomic mass is 9.13. The number of hydrogen-bond acceptors (Lipinski definition) is 5. The lowest BCUT2D eigenvalue weighted by Gasteiger charge is -2.88. The minimum atomic E-state index is -6.34. The normalized spacial score (nSPS) is 39.8. The summed E-state index contributed by atoms with van der Waals surface area (Å²) in [5.41, 5.74) is -7.94. The van der Waals surface area contributed by atoms with E-state index in [4.69, 9.17) is 4.55 Å². The zero-order valence-electron chi connectivity index (χ0n) is 13.2. The van der Waals surface area contributed by atoms with E-state index in [0.29, 0.717) is 6.42 Å². The fourth-order valence-electron chi connectivity index (χ4n) is 5.91. The zero-order valence-corrected chi connectivity index (χ0v) is 14.0. The van der Waals surface area contributed by atoms with Crippen molar-refractivity contribution in [2.24, 2.45) is 28.6 Å². The molecule has 0 radical (unpaired) electrons. The first-order valence-electron chi connectivity index (χ1n) is 7.89. The molecule has 4 aliphatic carbocycles. The Balaban J connectivity index is 1.69. The lowest BCUT2D eigenvalue weighted by molar-refractivity contribution is -0.398. The maximum atomic E-state index is 13.3. The van der Waals surface area contributed by atoms with Gasteiger partial charge in [0.15, 0.2) is 0 Å². The first-order valence-corrected chi connectivity index (χ1v) is 9.50. The zero-order chi connectivity index (χ0) is 20.4. The van der Waals surface area contributed by atoms with Gasteiger partial charge >= 0.3 is 23.9 Å². The summed E-state index contributed by atoms with van der Waals surface area (Å²) in [6, 6.07) is 0.